The molecule has 2 aliphatic heterocycles. The molecule has 1 atom stereocenters. The minimum absolute atomic E-state index is 0.121. The summed E-state index contributed by atoms with van der Waals surface area (Å²) in [5.41, 5.74) is 0. The maximum atomic E-state index is 5.84. The molecule has 0 bridgehead atoms. The fraction of sp³-hybridized carbons (Fsp3) is 0.500. The van der Waals surface area contributed by atoms with Crippen molar-refractivity contribution in [3.05, 3.63) is 24.3 Å². The van der Waals surface area contributed by atoms with Gasteiger partial charge in [0.15, 0.2) is 11.5 Å². The van der Waals surface area contributed by atoms with Crippen LogP contribution in [-0.2, 0) is 0 Å². The van der Waals surface area contributed by atoms with Crippen molar-refractivity contribution in [2.24, 2.45) is 0 Å². The molecule has 0 amide bonds. The van der Waals surface area contributed by atoms with Crippen LogP contribution < -0.4 is 20.1 Å². The topological polar surface area (TPSA) is 42.5 Å². The third-order valence-corrected chi connectivity index (χ3v) is 2.98. The lowest BCUT2D eigenvalue weighted by Crippen LogP contribution is -2.57. The Morgan fingerprint density at radius 2 is 2.06 bits per heavy atom. The van der Waals surface area contributed by atoms with Gasteiger partial charge in [-0.2, -0.15) is 0 Å². The SMILES string of the molecule is c1ccc2c(c1)OCC(CNC1CNC1)O2. The number of ether oxygens (including phenoxy) is 2. The minimum atomic E-state index is 0.121. The van der Waals surface area contributed by atoms with Crippen LogP contribution in [-0.4, -0.2) is 38.4 Å². The van der Waals surface area contributed by atoms with Crippen molar-refractivity contribution in [3.63, 3.8) is 0 Å². The van der Waals surface area contributed by atoms with E-state index in [1.165, 1.54) is 0 Å². The Labute approximate surface area is 94.9 Å². The Kier molecular flexibility index (Phi) is 2.68. The normalized spacial score (nSPS) is 23.9. The maximum absolute atomic E-state index is 5.84. The number of para-hydroxylation sites is 2. The van der Waals surface area contributed by atoms with Gasteiger partial charge in [-0.05, 0) is 12.1 Å². The number of fused-ring (bicyclic) bond motifs is 1. The second kappa shape index (κ2) is 4.31. The summed E-state index contributed by atoms with van der Waals surface area (Å²) >= 11 is 0. The van der Waals surface area contributed by atoms with Crippen LogP contribution in [0.15, 0.2) is 24.3 Å². The summed E-state index contributed by atoms with van der Waals surface area (Å²) in [5.74, 6) is 1.70. The first-order valence-corrected chi connectivity index (χ1v) is 5.74. The molecule has 16 heavy (non-hydrogen) atoms. The van der Waals surface area contributed by atoms with Gasteiger partial charge in [-0.1, -0.05) is 12.1 Å². The highest BCUT2D eigenvalue weighted by molar-refractivity contribution is 5.40. The summed E-state index contributed by atoms with van der Waals surface area (Å²) in [7, 11) is 0. The molecule has 86 valence electrons. The average Bonchev–Trinajstić information content (AvgIpc) is 2.27. The standard InChI is InChI=1S/C12H16N2O2/c1-2-4-12-11(3-1)15-8-10(16-12)7-14-9-5-13-6-9/h1-4,9-10,13-14H,5-8H2. The molecule has 1 unspecified atom stereocenters. The van der Waals surface area contributed by atoms with Gasteiger partial charge in [-0.25, -0.2) is 0 Å². The zero-order valence-electron chi connectivity index (χ0n) is 9.11. The van der Waals surface area contributed by atoms with Crippen molar-refractivity contribution in [3.8, 4) is 11.5 Å². The van der Waals surface area contributed by atoms with Gasteiger partial charge in [0.25, 0.3) is 0 Å². The van der Waals surface area contributed by atoms with E-state index >= 15 is 0 Å². The number of hydrogen-bond donors (Lipinski definition) is 2. The zero-order valence-corrected chi connectivity index (χ0v) is 9.11. The van der Waals surface area contributed by atoms with E-state index in [0.717, 1.165) is 31.1 Å². The van der Waals surface area contributed by atoms with Crippen molar-refractivity contribution in [2.45, 2.75) is 12.1 Å². The third-order valence-electron chi connectivity index (χ3n) is 2.98. The van der Waals surface area contributed by atoms with E-state index in [9.17, 15) is 0 Å². The fourth-order valence-corrected chi connectivity index (χ4v) is 1.89. The molecule has 1 aromatic carbocycles. The second-order valence-corrected chi connectivity index (χ2v) is 4.26. The molecular weight excluding hydrogens is 204 g/mol. The third kappa shape index (κ3) is 1.99. The number of benzene rings is 1. The lowest BCUT2D eigenvalue weighted by atomic mass is 10.1. The van der Waals surface area contributed by atoms with Gasteiger partial charge in [0.05, 0.1) is 0 Å². The number of rotatable bonds is 3. The molecule has 0 aliphatic carbocycles. The molecule has 2 heterocycles. The van der Waals surface area contributed by atoms with E-state index in [-0.39, 0.29) is 6.10 Å². The van der Waals surface area contributed by atoms with Crippen LogP contribution in [0.1, 0.15) is 0 Å². The van der Waals surface area contributed by atoms with E-state index in [1.807, 2.05) is 24.3 Å². The van der Waals surface area contributed by atoms with Gasteiger partial charge in [-0.3, -0.25) is 0 Å². The maximum Gasteiger partial charge on any atom is 0.161 e. The predicted molar refractivity (Wildman–Crippen MR) is 61.0 cm³/mol. The fourth-order valence-electron chi connectivity index (χ4n) is 1.89. The number of nitrogens with one attached hydrogen (secondary N) is 2. The molecule has 0 spiro atoms. The highest BCUT2D eigenvalue weighted by Gasteiger charge is 2.23. The second-order valence-electron chi connectivity index (χ2n) is 4.26. The van der Waals surface area contributed by atoms with E-state index in [0.29, 0.717) is 12.6 Å². The monoisotopic (exact) mass is 220 g/mol. The summed E-state index contributed by atoms with van der Waals surface area (Å²) in [6.07, 6.45) is 0.121. The van der Waals surface area contributed by atoms with Crippen LogP contribution in [0.4, 0.5) is 0 Å². The minimum Gasteiger partial charge on any atom is -0.486 e. The van der Waals surface area contributed by atoms with Gasteiger partial charge in [-0.15, -0.1) is 0 Å². The van der Waals surface area contributed by atoms with E-state index < -0.39 is 0 Å². The van der Waals surface area contributed by atoms with Gasteiger partial charge >= 0.3 is 0 Å². The Bertz CT molecular complexity index is 366. The molecule has 1 aromatic rings. The summed E-state index contributed by atoms with van der Waals surface area (Å²) in [6, 6.07) is 8.41. The van der Waals surface area contributed by atoms with Crippen molar-refractivity contribution < 1.29 is 9.47 Å². The highest BCUT2D eigenvalue weighted by Crippen LogP contribution is 2.30. The molecule has 2 aliphatic rings. The highest BCUT2D eigenvalue weighted by atomic mass is 16.6. The van der Waals surface area contributed by atoms with Gasteiger partial charge < -0.3 is 20.1 Å². The molecular formula is C12H16N2O2. The Morgan fingerprint density at radius 3 is 2.81 bits per heavy atom. The zero-order chi connectivity index (χ0) is 10.8. The molecule has 2 N–H and O–H groups in total. The van der Waals surface area contributed by atoms with Gasteiger partial charge in [0, 0.05) is 25.7 Å². The van der Waals surface area contributed by atoms with Crippen LogP contribution >= 0.6 is 0 Å². The van der Waals surface area contributed by atoms with Crippen molar-refractivity contribution in [1.29, 1.82) is 0 Å². The van der Waals surface area contributed by atoms with Gasteiger partial charge in [0.2, 0.25) is 0 Å². The Morgan fingerprint density at radius 1 is 1.25 bits per heavy atom. The van der Waals surface area contributed by atoms with Crippen LogP contribution in [0.5, 0.6) is 11.5 Å². The van der Waals surface area contributed by atoms with E-state index in [4.69, 9.17) is 9.47 Å². The summed E-state index contributed by atoms with van der Waals surface area (Å²) < 4.78 is 11.5. The average molecular weight is 220 g/mol. The van der Waals surface area contributed by atoms with E-state index in [2.05, 4.69) is 10.6 Å². The number of hydrogen-bond acceptors (Lipinski definition) is 4. The van der Waals surface area contributed by atoms with Gasteiger partial charge in [0.1, 0.15) is 12.7 Å². The molecule has 0 aromatic heterocycles. The molecule has 1 saturated heterocycles. The molecule has 4 heteroatoms. The summed E-state index contributed by atoms with van der Waals surface area (Å²) in [5, 5.41) is 6.68. The van der Waals surface area contributed by atoms with E-state index in [1.54, 1.807) is 0 Å². The Balaban J connectivity index is 1.55. The Hall–Kier alpha value is -1.26. The van der Waals surface area contributed by atoms with Crippen LogP contribution in [0, 0.1) is 0 Å². The largest absolute Gasteiger partial charge is 0.486 e. The molecule has 1 fully saturated rings. The molecule has 0 radical (unpaired) electrons. The van der Waals surface area contributed by atoms with Crippen molar-refractivity contribution >= 4 is 0 Å². The van der Waals surface area contributed by atoms with Crippen molar-refractivity contribution in [1.82, 2.24) is 10.6 Å². The van der Waals surface area contributed by atoms with Crippen LogP contribution in [0.2, 0.25) is 0 Å². The lowest BCUT2D eigenvalue weighted by Gasteiger charge is -2.32. The first-order chi connectivity index (χ1) is 7.92. The predicted octanol–water partition coefficient (Wildman–Crippen LogP) is 0.388. The van der Waals surface area contributed by atoms with Crippen LogP contribution in [0.3, 0.4) is 0 Å². The first kappa shape index (κ1) is 9.93. The van der Waals surface area contributed by atoms with Crippen molar-refractivity contribution in [2.75, 3.05) is 26.2 Å². The summed E-state index contributed by atoms with van der Waals surface area (Å²) in [6.45, 7) is 3.60. The molecule has 0 saturated carbocycles. The first-order valence-electron chi connectivity index (χ1n) is 5.74. The summed E-state index contributed by atoms with van der Waals surface area (Å²) in [4.78, 5) is 0. The molecule has 3 rings (SSSR count). The lowest BCUT2D eigenvalue weighted by molar-refractivity contribution is 0.0863. The van der Waals surface area contributed by atoms with Crippen LogP contribution in [0.25, 0.3) is 0 Å². The molecule has 4 nitrogen and oxygen atoms in total. The smallest absolute Gasteiger partial charge is 0.161 e. The quantitative estimate of drug-likeness (QED) is 0.773.